The predicted octanol–water partition coefficient (Wildman–Crippen LogP) is 5.12. The summed E-state index contributed by atoms with van der Waals surface area (Å²) in [5.74, 6) is 0.386. The number of aromatic hydroxyl groups is 1. The third-order valence-corrected chi connectivity index (χ3v) is 4.63. The number of nitrogens with zero attached hydrogens (tertiary/aromatic N) is 4. The molecule has 0 unspecified atom stereocenters. The zero-order valence-corrected chi connectivity index (χ0v) is 16.8. The van der Waals surface area contributed by atoms with Gasteiger partial charge in [-0.2, -0.15) is 5.10 Å². The molecule has 0 aliphatic rings. The molecule has 6 nitrogen and oxygen atoms in total. The second-order valence-corrected chi connectivity index (χ2v) is 7.05. The molecule has 2 N–H and O–H groups in total. The number of phenols is 1. The molecule has 142 valence electrons. The molecule has 4 rings (SSSR count). The van der Waals surface area contributed by atoms with Gasteiger partial charge in [-0.1, -0.05) is 76.6 Å². The van der Waals surface area contributed by atoms with Crippen LogP contribution >= 0.6 is 15.9 Å². The van der Waals surface area contributed by atoms with Gasteiger partial charge in [-0.15, -0.1) is 10.2 Å². The Hall–Kier alpha value is -3.58. The number of hydrazone groups is 1. The molecule has 0 aliphatic carbocycles. The van der Waals surface area contributed by atoms with Crippen molar-refractivity contribution in [2.24, 2.45) is 5.10 Å². The fraction of sp³-hybridized carbons (Fsp3) is 0. The number of hydrogen-bond acceptors (Lipinski definition) is 6. The summed E-state index contributed by atoms with van der Waals surface area (Å²) >= 11 is 3.37. The summed E-state index contributed by atoms with van der Waals surface area (Å²) in [7, 11) is 0. The largest absolute Gasteiger partial charge is 0.507 e. The normalized spacial score (nSPS) is 10.9. The van der Waals surface area contributed by atoms with Crippen LogP contribution in [0, 0.1) is 0 Å². The smallest absolute Gasteiger partial charge is 0.263 e. The molecule has 0 aliphatic heterocycles. The van der Waals surface area contributed by atoms with E-state index in [2.05, 4.69) is 41.6 Å². The maximum Gasteiger partial charge on any atom is 0.263 e. The van der Waals surface area contributed by atoms with Crippen molar-refractivity contribution < 1.29 is 5.11 Å². The third kappa shape index (κ3) is 4.47. The average Bonchev–Trinajstić information content (AvgIpc) is 2.77. The number of aromatic nitrogens is 3. The Morgan fingerprint density at radius 3 is 2.17 bits per heavy atom. The summed E-state index contributed by atoms with van der Waals surface area (Å²) in [5, 5.41) is 22.6. The Morgan fingerprint density at radius 2 is 1.48 bits per heavy atom. The molecule has 0 atom stereocenters. The molecular weight excluding hydrogens is 430 g/mol. The first-order chi connectivity index (χ1) is 14.2. The van der Waals surface area contributed by atoms with Crippen molar-refractivity contribution in [1.29, 1.82) is 0 Å². The third-order valence-electron chi connectivity index (χ3n) is 4.14. The van der Waals surface area contributed by atoms with Gasteiger partial charge in [0, 0.05) is 21.2 Å². The van der Waals surface area contributed by atoms with Crippen LogP contribution in [0.4, 0.5) is 5.95 Å². The first-order valence-electron chi connectivity index (χ1n) is 8.84. The summed E-state index contributed by atoms with van der Waals surface area (Å²) in [6.45, 7) is 0. The number of hydrogen-bond donors (Lipinski definition) is 2. The minimum atomic E-state index is 0.127. The highest BCUT2D eigenvalue weighted by molar-refractivity contribution is 9.10. The Labute approximate surface area is 176 Å². The van der Waals surface area contributed by atoms with Crippen LogP contribution in [0.1, 0.15) is 5.56 Å². The Balaban J connectivity index is 1.67. The molecule has 0 amide bonds. The standard InChI is InChI=1S/C22H16BrN5O/c23-18-11-12-19(29)17(13-18)14-24-27-22-25-20(15-7-3-1-4-8-15)21(26-28-22)16-9-5-2-6-10-16/h1-14,29H,(H,25,27,28)/b24-14+. The molecule has 7 heteroatoms. The van der Waals surface area contributed by atoms with Crippen molar-refractivity contribution in [3.63, 3.8) is 0 Å². The lowest BCUT2D eigenvalue weighted by molar-refractivity contribution is 0.474. The topological polar surface area (TPSA) is 83.3 Å². The highest BCUT2D eigenvalue weighted by atomic mass is 79.9. The molecule has 0 bridgehead atoms. The maximum atomic E-state index is 9.90. The molecular formula is C22H16BrN5O. The lowest BCUT2D eigenvalue weighted by Crippen LogP contribution is -2.03. The van der Waals surface area contributed by atoms with Gasteiger partial charge in [0.2, 0.25) is 0 Å². The van der Waals surface area contributed by atoms with E-state index < -0.39 is 0 Å². The number of benzene rings is 3. The minimum absolute atomic E-state index is 0.127. The molecule has 1 aromatic heterocycles. The van der Waals surface area contributed by atoms with E-state index in [4.69, 9.17) is 0 Å². The van der Waals surface area contributed by atoms with Crippen LogP contribution in [0.25, 0.3) is 22.5 Å². The molecule has 3 aromatic carbocycles. The molecule has 0 spiro atoms. The van der Waals surface area contributed by atoms with Crippen LogP contribution in [-0.4, -0.2) is 26.5 Å². The average molecular weight is 446 g/mol. The molecule has 0 saturated heterocycles. The van der Waals surface area contributed by atoms with Crippen molar-refractivity contribution in [3.05, 3.63) is 88.9 Å². The van der Waals surface area contributed by atoms with Crippen LogP contribution in [0.3, 0.4) is 0 Å². The highest BCUT2D eigenvalue weighted by Crippen LogP contribution is 2.28. The van der Waals surface area contributed by atoms with E-state index in [1.165, 1.54) is 6.21 Å². The van der Waals surface area contributed by atoms with Crippen molar-refractivity contribution in [1.82, 2.24) is 15.2 Å². The Kier molecular flexibility index (Phi) is 5.58. The molecule has 0 fully saturated rings. The second-order valence-electron chi connectivity index (χ2n) is 6.14. The fourth-order valence-corrected chi connectivity index (χ4v) is 3.13. The highest BCUT2D eigenvalue weighted by Gasteiger charge is 2.13. The second kappa shape index (κ2) is 8.62. The SMILES string of the molecule is Oc1ccc(Br)cc1/C=N/Nc1nnc(-c2ccccc2)c(-c2ccccc2)n1. The number of phenolic OH excluding ortho intramolecular Hbond substituents is 1. The van der Waals surface area contributed by atoms with Gasteiger partial charge in [0.1, 0.15) is 17.1 Å². The van der Waals surface area contributed by atoms with E-state index >= 15 is 0 Å². The lowest BCUT2D eigenvalue weighted by atomic mass is 10.0. The number of rotatable bonds is 5. The first kappa shape index (κ1) is 18.8. The van der Waals surface area contributed by atoms with E-state index in [1.54, 1.807) is 18.2 Å². The summed E-state index contributed by atoms with van der Waals surface area (Å²) in [6.07, 6.45) is 1.50. The zero-order valence-electron chi connectivity index (χ0n) is 15.2. The van der Waals surface area contributed by atoms with Gasteiger partial charge in [0.25, 0.3) is 5.95 Å². The van der Waals surface area contributed by atoms with Crippen LogP contribution in [0.5, 0.6) is 5.75 Å². The number of anilines is 1. The van der Waals surface area contributed by atoms with E-state index in [-0.39, 0.29) is 11.7 Å². The van der Waals surface area contributed by atoms with Crippen molar-refractivity contribution >= 4 is 28.1 Å². The van der Waals surface area contributed by atoms with Gasteiger partial charge >= 0.3 is 0 Å². The number of nitrogens with one attached hydrogen (secondary N) is 1. The molecule has 1 heterocycles. The quantitative estimate of drug-likeness (QED) is 0.329. The predicted molar refractivity (Wildman–Crippen MR) is 118 cm³/mol. The molecule has 4 aromatic rings. The minimum Gasteiger partial charge on any atom is -0.507 e. The first-order valence-corrected chi connectivity index (χ1v) is 9.63. The Bertz CT molecular complexity index is 1150. The summed E-state index contributed by atoms with van der Waals surface area (Å²) in [4.78, 5) is 4.62. The lowest BCUT2D eigenvalue weighted by Gasteiger charge is -2.09. The maximum absolute atomic E-state index is 9.90. The molecule has 29 heavy (non-hydrogen) atoms. The summed E-state index contributed by atoms with van der Waals surface area (Å²) in [6, 6.07) is 24.7. The van der Waals surface area contributed by atoms with Crippen molar-refractivity contribution in [2.45, 2.75) is 0 Å². The summed E-state index contributed by atoms with van der Waals surface area (Å²) < 4.78 is 0.841. The van der Waals surface area contributed by atoms with Crippen LogP contribution in [0.15, 0.2) is 88.4 Å². The van der Waals surface area contributed by atoms with Gasteiger partial charge < -0.3 is 5.11 Å². The monoisotopic (exact) mass is 445 g/mol. The van der Waals surface area contributed by atoms with Gasteiger partial charge in [-0.05, 0) is 18.2 Å². The van der Waals surface area contributed by atoms with Crippen LogP contribution < -0.4 is 5.43 Å². The van der Waals surface area contributed by atoms with E-state index in [0.717, 1.165) is 15.6 Å². The van der Waals surface area contributed by atoms with E-state index in [1.807, 2.05) is 60.7 Å². The van der Waals surface area contributed by atoms with E-state index in [9.17, 15) is 5.11 Å². The van der Waals surface area contributed by atoms with Crippen molar-refractivity contribution in [2.75, 3.05) is 5.43 Å². The van der Waals surface area contributed by atoms with Gasteiger partial charge in [-0.3, -0.25) is 0 Å². The number of halogens is 1. The van der Waals surface area contributed by atoms with Gasteiger partial charge in [-0.25, -0.2) is 10.4 Å². The van der Waals surface area contributed by atoms with Crippen LogP contribution in [0.2, 0.25) is 0 Å². The fourth-order valence-electron chi connectivity index (χ4n) is 2.75. The molecule has 0 saturated carbocycles. The Morgan fingerprint density at radius 1 is 0.828 bits per heavy atom. The zero-order chi connectivity index (χ0) is 20.1. The van der Waals surface area contributed by atoms with Crippen molar-refractivity contribution in [3.8, 4) is 28.3 Å². The van der Waals surface area contributed by atoms with E-state index in [0.29, 0.717) is 17.0 Å². The van der Waals surface area contributed by atoms with Crippen LogP contribution in [-0.2, 0) is 0 Å². The molecule has 0 radical (unpaired) electrons. The van der Waals surface area contributed by atoms with Gasteiger partial charge in [0.05, 0.1) is 6.21 Å². The van der Waals surface area contributed by atoms with Gasteiger partial charge in [0.15, 0.2) is 0 Å². The summed E-state index contributed by atoms with van der Waals surface area (Å²) in [5.41, 5.74) is 6.60.